The smallest absolute Gasteiger partial charge is 0.306 e. The van der Waals surface area contributed by atoms with Crippen molar-refractivity contribution in [3.63, 3.8) is 0 Å². The average molecular weight is 392 g/mol. The van der Waals surface area contributed by atoms with Gasteiger partial charge in [0.1, 0.15) is 11.4 Å². The summed E-state index contributed by atoms with van der Waals surface area (Å²) in [5, 5.41) is 0. The normalized spacial score (nSPS) is 20.1. The van der Waals surface area contributed by atoms with Crippen LogP contribution in [0.5, 0.6) is 0 Å². The number of esters is 1. The first-order valence-corrected chi connectivity index (χ1v) is 9.56. The minimum absolute atomic E-state index is 0.0274. The molecule has 154 valence electrons. The third-order valence-electron chi connectivity index (χ3n) is 4.60. The SMILES string of the molecule is CC1CN(C(=O)c2cccc(F)c2)C(C)CN1C(=O)CCC(=O)OC(C)(C)C. The van der Waals surface area contributed by atoms with Gasteiger partial charge in [-0.05, 0) is 52.8 Å². The molecule has 1 aromatic carbocycles. The maximum absolute atomic E-state index is 13.4. The minimum atomic E-state index is -0.579. The van der Waals surface area contributed by atoms with E-state index in [0.717, 1.165) is 0 Å². The van der Waals surface area contributed by atoms with Crippen LogP contribution in [0.4, 0.5) is 4.39 Å². The lowest BCUT2D eigenvalue weighted by Gasteiger charge is -2.44. The fourth-order valence-electron chi connectivity index (χ4n) is 3.29. The Balaban J connectivity index is 1.96. The molecule has 0 radical (unpaired) electrons. The van der Waals surface area contributed by atoms with Crippen molar-refractivity contribution < 1.29 is 23.5 Å². The zero-order chi connectivity index (χ0) is 21.1. The molecular formula is C21H29FN2O4. The fraction of sp³-hybridized carbons (Fsp3) is 0.571. The molecule has 28 heavy (non-hydrogen) atoms. The van der Waals surface area contributed by atoms with E-state index in [4.69, 9.17) is 4.74 Å². The Morgan fingerprint density at radius 3 is 2.29 bits per heavy atom. The van der Waals surface area contributed by atoms with E-state index in [-0.39, 0.29) is 36.7 Å². The molecule has 0 saturated carbocycles. The number of carbonyl (C=O) groups excluding carboxylic acids is 3. The molecule has 0 N–H and O–H groups in total. The first-order valence-electron chi connectivity index (χ1n) is 9.56. The summed E-state index contributed by atoms with van der Waals surface area (Å²) in [6, 6.07) is 5.20. The third kappa shape index (κ3) is 5.78. The Labute approximate surface area is 165 Å². The summed E-state index contributed by atoms with van der Waals surface area (Å²) in [5.41, 5.74) is -0.283. The summed E-state index contributed by atoms with van der Waals surface area (Å²) in [6.07, 6.45) is 0.101. The number of hydrogen-bond acceptors (Lipinski definition) is 4. The molecule has 1 saturated heterocycles. The molecule has 0 spiro atoms. The first-order chi connectivity index (χ1) is 13.0. The summed E-state index contributed by atoms with van der Waals surface area (Å²) < 4.78 is 18.7. The van der Waals surface area contributed by atoms with Crippen molar-refractivity contribution >= 4 is 17.8 Å². The number of nitrogens with zero attached hydrogens (tertiary/aromatic N) is 2. The lowest BCUT2D eigenvalue weighted by Crippen LogP contribution is -2.59. The van der Waals surface area contributed by atoms with Gasteiger partial charge in [0.15, 0.2) is 0 Å². The van der Waals surface area contributed by atoms with Crippen LogP contribution in [0.1, 0.15) is 57.8 Å². The lowest BCUT2D eigenvalue weighted by atomic mass is 10.0. The number of amides is 2. The van der Waals surface area contributed by atoms with E-state index < -0.39 is 17.4 Å². The number of halogens is 1. The second-order valence-corrected chi connectivity index (χ2v) is 8.30. The number of hydrogen-bond donors (Lipinski definition) is 0. The minimum Gasteiger partial charge on any atom is -0.460 e. The van der Waals surface area contributed by atoms with Crippen LogP contribution >= 0.6 is 0 Å². The quantitative estimate of drug-likeness (QED) is 0.739. The molecule has 0 bridgehead atoms. The first kappa shape index (κ1) is 21.9. The molecule has 2 rings (SSSR count). The molecule has 1 fully saturated rings. The van der Waals surface area contributed by atoms with Gasteiger partial charge >= 0.3 is 5.97 Å². The van der Waals surface area contributed by atoms with Gasteiger partial charge in [0.05, 0.1) is 6.42 Å². The number of ether oxygens (including phenoxy) is 1. The number of benzene rings is 1. The van der Waals surface area contributed by atoms with Gasteiger partial charge in [0, 0.05) is 37.2 Å². The zero-order valence-electron chi connectivity index (χ0n) is 17.2. The van der Waals surface area contributed by atoms with E-state index in [1.807, 2.05) is 13.8 Å². The Morgan fingerprint density at radius 2 is 1.68 bits per heavy atom. The topological polar surface area (TPSA) is 66.9 Å². The highest BCUT2D eigenvalue weighted by Gasteiger charge is 2.35. The molecule has 1 aromatic rings. The van der Waals surface area contributed by atoms with Crippen LogP contribution in [0.15, 0.2) is 24.3 Å². The lowest BCUT2D eigenvalue weighted by molar-refractivity contribution is -0.156. The van der Waals surface area contributed by atoms with E-state index >= 15 is 0 Å². The van der Waals surface area contributed by atoms with Gasteiger partial charge in [-0.3, -0.25) is 14.4 Å². The molecule has 2 unspecified atom stereocenters. The summed E-state index contributed by atoms with van der Waals surface area (Å²) >= 11 is 0. The van der Waals surface area contributed by atoms with E-state index in [1.54, 1.807) is 36.6 Å². The van der Waals surface area contributed by atoms with Crippen molar-refractivity contribution in [1.29, 1.82) is 0 Å². The van der Waals surface area contributed by atoms with Gasteiger partial charge in [-0.2, -0.15) is 0 Å². The summed E-state index contributed by atoms with van der Waals surface area (Å²) in [5.74, 6) is -1.24. The van der Waals surface area contributed by atoms with Gasteiger partial charge in [0.2, 0.25) is 5.91 Å². The number of carbonyl (C=O) groups is 3. The van der Waals surface area contributed by atoms with Crippen LogP contribution in [0.3, 0.4) is 0 Å². The Morgan fingerprint density at radius 1 is 1.07 bits per heavy atom. The molecule has 6 nitrogen and oxygen atoms in total. The average Bonchev–Trinajstić information content (AvgIpc) is 2.59. The molecule has 2 amide bonds. The van der Waals surface area contributed by atoms with Crippen LogP contribution in [0, 0.1) is 5.82 Å². The molecule has 1 heterocycles. The van der Waals surface area contributed by atoms with Crippen molar-refractivity contribution in [3.05, 3.63) is 35.6 Å². The highest BCUT2D eigenvalue weighted by molar-refractivity contribution is 5.94. The summed E-state index contributed by atoms with van der Waals surface area (Å²) in [4.78, 5) is 40.5. The molecule has 2 atom stereocenters. The predicted octanol–water partition coefficient (Wildman–Crippen LogP) is 3.01. The molecule has 0 aromatic heterocycles. The van der Waals surface area contributed by atoms with Gasteiger partial charge in [-0.1, -0.05) is 6.07 Å². The second-order valence-electron chi connectivity index (χ2n) is 8.30. The molecule has 1 aliphatic heterocycles. The molecule has 7 heteroatoms. The van der Waals surface area contributed by atoms with Crippen LogP contribution in [-0.4, -0.2) is 58.4 Å². The highest BCUT2D eigenvalue weighted by Crippen LogP contribution is 2.20. The summed E-state index contributed by atoms with van der Waals surface area (Å²) in [6.45, 7) is 9.80. The van der Waals surface area contributed by atoms with E-state index in [1.165, 1.54) is 18.2 Å². The summed E-state index contributed by atoms with van der Waals surface area (Å²) in [7, 11) is 0. The van der Waals surface area contributed by atoms with Gasteiger partial charge in [-0.15, -0.1) is 0 Å². The molecule has 1 aliphatic rings. The Hall–Kier alpha value is -2.44. The monoisotopic (exact) mass is 392 g/mol. The maximum atomic E-state index is 13.4. The predicted molar refractivity (Wildman–Crippen MR) is 103 cm³/mol. The van der Waals surface area contributed by atoms with Crippen molar-refractivity contribution in [2.75, 3.05) is 13.1 Å². The third-order valence-corrected chi connectivity index (χ3v) is 4.60. The molecular weight excluding hydrogens is 363 g/mol. The van der Waals surface area contributed by atoms with Crippen molar-refractivity contribution in [2.45, 2.75) is 65.1 Å². The largest absolute Gasteiger partial charge is 0.460 e. The van der Waals surface area contributed by atoms with E-state index in [2.05, 4.69) is 0 Å². The zero-order valence-corrected chi connectivity index (χ0v) is 17.2. The van der Waals surface area contributed by atoms with Gasteiger partial charge in [-0.25, -0.2) is 4.39 Å². The van der Waals surface area contributed by atoms with Crippen molar-refractivity contribution in [1.82, 2.24) is 9.80 Å². The van der Waals surface area contributed by atoms with Gasteiger partial charge in [0.25, 0.3) is 5.91 Å². The molecule has 0 aliphatic carbocycles. The van der Waals surface area contributed by atoms with E-state index in [0.29, 0.717) is 18.7 Å². The van der Waals surface area contributed by atoms with Gasteiger partial charge < -0.3 is 14.5 Å². The number of piperazine rings is 1. The second kappa shape index (κ2) is 8.71. The maximum Gasteiger partial charge on any atom is 0.306 e. The number of rotatable bonds is 4. The standard InChI is InChI=1S/C21H29FN2O4/c1-14-13-24(20(27)16-7-6-8-17(22)11-16)15(2)12-23(14)18(25)9-10-19(26)28-21(3,4)5/h6-8,11,14-15H,9-10,12-13H2,1-5H3. The van der Waals surface area contributed by atoms with Crippen molar-refractivity contribution in [3.8, 4) is 0 Å². The van der Waals surface area contributed by atoms with Crippen molar-refractivity contribution in [2.24, 2.45) is 0 Å². The Kier molecular flexibility index (Phi) is 6.80. The van der Waals surface area contributed by atoms with E-state index in [9.17, 15) is 18.8 Å². The van der Waals surface area contributed by atoms with Crippen LogP contribution in [-0.2, 0) is 14.3 Å². The van der Waals surface area contributed by atoms with Crippen LogP contribution < -0.4 is 0 Å². The fourth-order valence-corrected chi connectivity index (χ4v) is 3.29. The highest BCUT2D eigenvalue weighted by atomic mass is 19.1. The van der Waals surface area contributed by atoms with Crippen LogP contribution in [0.25, 0.3) is 0 Å². The Bertz CT molecular complexity index is 744. The van der Waals surface area contributed by atoms with Crippen LogP contribution in [0.2, 0.25) is 0 Å².